The summed E-state index contributed by atoms with van der Waals surface area (Å²) >= 11 is 1.36. The minimum Gasteiger partial charge on any atom is -0.497 e. The largest absolute Gasteiger partial charge is 0.497 e. The number of carbonyl (C=O) groups is 1. The Kier molecular flexibility index (Phi) is 6.98. The van der Waals surface area contributed by atoms with E-state index in [0.29, 0.717) is 23.4 Å². The second-order valence-corrected chi connectivity index (χ2v) is 8.04. The average Bonchev–Trinajstić information content (AvgIpc) is 3.36. The molecule has 2 aromatic heterocycles. The number of hydrogen-bond donors (Lipinski definition) is 1. The van der Waals surface area contributed by atoms with E-state index in [1.54, 1.807) is 13.4 Å². The molecule has 0 radical (unpaired) electrons. The number of ether oxygens (including phenoxy) is 1. The summed E-state index contributed by atoms with van der Waals surface area (Å²) < 4.78 is 12.8. The number of rotatable bonds is 9. The van der Waals surface area contributed by atoms with Gasteiger partial charge in [-0.25, -0.2) is 0 Å². The summed E-state index contributed by atoms with van der Waals surface area (Å²) in [5.74, 6) is 2.85. The van der Waals surface area contributed by atoms with Crippen LogP contribution in [-0.2, 0) is 11.3 Å². The van der Waals surface area contributed by atoms with Gasteiger partial charge in [-0.2, -0.15) is 0 Å². The summed E-state index contributed by atoms with van der Waals surface area (Å²) in [6.07, 6.45) is 1.64. The van der Waals surface area contributed by atoms with Gasteiger partial charge in [0.25, 0.3) is 0 Å². The Labute approximate surface area is 174 Å². The molecule has 0 bridgehead atoms. The third kappa shape index (κ3) is 5.41. The maximum atomic E-state index is 12.3. The van der Waals surface area contributed by atoms with E-state index < -0.39 is 0 Å². The van der Waals surface area contributed by atoms with Gasteiger partial charge < -0.3 is 14.5 Å². The van der Waals surface area contributed by atoms with Crippen LogP contribution >= 0.6 is 11.8 Å². The number of amides is 1. The van der Waals surface area contributed by atoms with Gasteiger partial charge in [0.05, 0.1) is 25.7 Å². The number of aromatic nitrogens is 3. The normalized spacial score (nSPS) is 12.2. The van der Waals surface area contributed by atoms with Gasteiger partial charge in [-0.1, -0.05) is 37.7 Å². The Balaban J connectivity index is 1.83. The van der Waals surface area contributed by atoms with E-state index in [9.17, 15) is 4.79 Å². The molecule has 1 aromatic carbocycles. The van der Waals surface area contributed by atoms with Crippen molar-refractivity contribution in [3.8, 4) is 17.1 Å². The van der Waals surface area contributed by atoms with Crippen LogP contribution in [0.1, 0.15) is 26.5 Å². The lowest BCUT2D eigenvalue weighted by Crippen LogP contribution is -2.37. The number of methoxy groups -OCH3 is 1. The van der Waals surface area contributed by atoms with Crippen LogP contribution in [0.5, 0.6) is 5.75 Å². The van der Waals surface area contributed by atoms with Crippen molar-refractivity contribution in [2.24, 2.45) is 5.92 Å². The highest BCUT2D eigenvalue weighted by molar-refractivity contribution is 7.99. The molecule has 1 atom stereocenters. The van der Waals surface area contributed by atoms with Crippen LogP contribution in [0.15, 0.2) is 52.2 Å². The Morgan fingerprint density at radius 2 is 2.07 bits per heavy atom. The molecule has 1 N–H and O–H groups in total. The lowest BCUT2D eigenvalue weighted by atomic mass is 10.1. The van der Waals surface area contributed by atoms with Crippen LogP contribution < -0.4 is 10.1 Å². The monoisotopic (exact) mass is 414 g/mol. The number of nitrogens with zero attached hydrogens (tertiary/aromatic N) is 3. The summed E-state index contributed by atoms with van der Waals surface area (Å²) in [5, 5.41) is 12.4. The molecular weight excluding hydrogens is 388 g/mol. The molecule has 1 amide bonds. The van der Waals surface area contributed by atoms with Gasteiger partial charge in [-0.15, -0.1) is 10.2 Å². The molecule has 0 unspecified atom stereocenters. The predicted molar refractivity (Wildman–Crippen MR) is 113 cm³/mol. The van der Waals surface area contributed by atoms with Crippen LogP contribution in [0.4, 0.5) is 0 Å². The van der Waals surface area contributed by atoms with E-state index >= 15 is 0 Å². The van der Waals surface area contributed by atoms with Gasteiger partial charge >= 0.3 is 0 Å². The highest BCUT2D eigenvalue weighted by Crippen LogP contribution is 2.27. The fraction of sp³-hybridized carbons (Fsp3) is 0.381. The van der Waals surface area contributed by atoms with Crippen molar-refractivity contribution in [2.45, 2.75) is 38.5 Å². The average molecular weight is 415 g/mol. The minimum atomic E-state index is -0.0216. The third-order valence-corrected chi connectivity index (χ3v) is 5.63. The SMILES string of the molecule is COc1cccc(-c2nnc(SCC(=O)N[C@@H](C)C(C)C)n2Cc2ccco2)c1. The summed E-state index contributed by atoms with van der Waals surface area (Å²) in [6.45, 7) is 6.64. The van der Waals surface area contributed by atoms with Gasteiger partial charge in [0.15, 0.2) is 11.0 Å². The molecule has 0 fully saturated rings. The molecule has 0 aliphatic heterocycles. The lowest BCUT2D eigenvalue weighted by Gasteiger charge is -2.17. The van der Waals surface area contributed by atoms with Crippen LogP contribution in [0, 0.1) is 5.92 Å². The summed E-state index contributed by atoms with van der Waals surface area (Å²) in [7, 11) is 1.63. The number of carbonyl (C=O) groups excluding carboxylic acids is 1. The first-order valence-electron chi connectivity index (χ1n) is 9.50. The standard InChI is InChI=1S/C21H26N4O3S/c1-14(2)15(3)22-19(26)13-29-21-24-23-20(16-7-5-8-17(11-16)27-4)25(21)12-18-9-6-10-28-18/h5-11,14-15H,12-13H2,1-4H3,(H,22,26)/t15-/m0/s1. The van der Waals surface area contributed by atoms with Crippen LogP contribution in [-0.4, -0.2) is 39.6 Å². The van der Waals surface area contributed by atoms with E-state index in [2.05, 4.69) is 29.4 Å². The van der Waals surface area contributed by atoms with Crippen LogP contribution in [0.3, 0.4) is 0 Å². The van der Waals surface area contributed by atoms with Crippen molar-refractivity contribution < 1.29 is 13.9 Å². The molecule has 0 saturated heterocycles. The van der Waals surface area contributed by atoms with Crippen LogP contribution in [0.2, 0.25) is 0 Å². The number of furan rings is 1. The minimum absolute atomic E-state index is 0.0216. The number of nitrogens with one attached hydrogen (secondary N) is 1. The Morgan fingerprint density at radius 1 is 1.24 bits per heavy atom. The van der Waals surface area contributed by atoms with Gasteiger partial charge in [-0.3, -0.25) is 9.36 Å². The van der Waals surface area contributed by atoms with Crippen molar-refractivity contribution in [3.63, 3.8) is 0 Å². The van der Waals surface area contributed by atoms with Crippen molar-refractivity contribution in [1.82, 2.24) is 20.1 Å². The zero-order chi connectivity index (χ0) is 20.8. The summed E-state index contributed by atoms with van der Waals surface area (Å²) in [6, 6.07) is 11.5. The molecule has 0 spiro atoms. The fourth-order valence-electron chi connectivity index (χ4n) is 2.66. The quantitative estimate of drug-likeness (QED) is 0.536. The topological polar surface area (TPSA) is 82.2 Å². The molecule has 154 valence electrons. The molecule has 0 aliphatic carbocycles. The third-order valence-electron chi connectivity index (χ3n) is 4.66. The van der Waals surface area contributed by atoms with Gasteiger partial charge in [0, 0.05) is 11.6 Å². The van der Waals surface area contributed by atoms with Crippen molar-refractivity contribution in [2.75, 3.05) is 12.9 Å². The summed E-state index contributed by atoms with van der Waals surface area (Å²) in [4.78, 5) is 12.3. The number of benzene rings is 1. The molecular formula is C21H26N4O3S. The molecule has 3 aromatic rings. The Bertz CT molecular complexity index is 937. The second-order valence-electron chi connectivity index (χ2n) is 7.09. The zero-order valence-electron chi connectivity index (χ0n) is 17.1. The molecule has 0 saturated carbocycles. The predicted octanol–water partition coefficient (Wildman–Crippen LogP) is 3.85. The van der Waals surface area contributed by atoms with E-state index in [4.69, 9.17) is 9.15 Å². The first-order chi connectivity index (χ1) is 14.0. The van der Waals surface area contributed by atoms with E-state index in [1.807, 2.05) is 47.9 Å². The zero-order valence-corrected chi connectivity index (χ0v) is 17.9. The van der Waals surface area contributed by atoms with Crippen molar-refractivity contribution >= 4 is 17.7 Å². The van der Waals surface area contributed by atoms with Crippen molar-refractivity contribution in [1.29, 1.82) is 0 Å². The molecule has 0 aliphatic rings. The van der Waals surface area contributed by atoms with E-state index in [1.165, 1.54) is 11.8 Å². The summed E-state index contributed by atoms with van der Waals surface area (Å²) in [5.41, 5.74) is 0.883. The molecule has 29 heavy (non-hydrogen) atoms. The first-order valence-corrected chi connectivity index (χ1v) is 10.5. The first kappa shape index (κ1) is 21.0. The van der Waals surface area contributed by atoms with Gasteiger partial charge in [0.1, 0.15) is 11.5 Å². The Morgan fingerprint density at radius 3 is 2.76 bits per heavy atom. The van der Waals surface area contributed by atoms with Crippen LogP contribution in [0.25, 0.3) is 11.4 Å². The van der Waals surface area contributed by atoms with Crippen molar-refractivity contribution in [3.05, 3.63) is 48.4 Å². The van der Waals surface area contributed by atoms with E-state index in [-0.39, 0.29) is 17.7 Å². The fourth-order valence-corrected chi connectivity index (χ4v) is 3.41. The van der Waals surface area contributed by atoms with Gasteiger partial charge in [-0.05, 0) is 37.1 Å². The van der Waals surface area contributed by atoms with Gasteiger partial charge in [0.2, 0.25) is 5.91 Å². The van der Waals surface area contributed by atoms with E-state index in [0.717, 1.165) is 17.1 Å². The number of hydrogen-bond acceptors (Lipinski definition) is 6. The maximum Gasteiger partial charge on any atom is 0.230 e. The highest BCUT2D eigenvalue weighted by Gasteiger charge is 2.18. The smallest absolute Gasteiger partial charge is 0.230 e. The lowest BCUT2D eigenvalue weighted by molar-refractivity contribution is -0.119. The molecule has 3 rings (SSSR count). The molecule has 7 nitrogen and oxygen atoms in total. The molecule has 2 heterocycles. The molecule has 8 heteroatoms. The number of thioether (sulfide) groups is 1. The Hall–Kier alpha value is -2.74. The maximum absolute atomic E-state index is 12.3. The highest BCUT2D eigenvalue weighted by atomic mass is 32.2. The second kappa shape index (κ2) is 9.65.